The first-order valence-corrected chi connectivity index (χ1v) is 9.21. The van der Waals surface area contributed by atoms with Gasteiger partial charge in [0, 0.05) is 25.2 Å². The van der Waals surface area contributed by atoms with Crippen LogP contribution in [0.15, 0.2) is 83.9 Å². The zero-order chi connectivity index (χ0) is 19.6. The number of nitrogens with one attached hydrogen (secondary N) is 1. The van der Waals surface area contributed by atoms with Crippen molar-refractivity contribution < 1.29 is 9.47 Å². The molecule has 0 saturated carbocycles. The van der Waals surface area contributed by atoms with Crippen LogP contribution in [-0.4, -0.2) is 19.6 Å². The second-order valence-electron chi connectivity index (χ2n) is 6.25. The van der Waals surface area contributed by atoms with Gasteiger partial charge in [-0.05, 0) is 23.3 Å². The second-order valence-corrected chi connectivity index (χ2v) is 6.25. The molecule has 5 heteroatoms. The third kappa shape index (κ3) is 5.77. The molecule has 0 aromatic heterocycles. The average Bonchev–Trinajstić information content (AvgIpc) is 2.75. The van der Waals surface area contributed by atoms with Gasteiger partial charge in [-0.25, -0.2) is 0 Å². The number of rotatable bonds is 8. The van der Waals surface area contributed by atoms with Crippen LogP contribution in [0.1, 0.15) is 11.1 Å². The number of benzene rings is 3. The van der Waals surface area contributed by atoms with Gasteiger partial charge in [-0.3, -0.25) is 4.99 Å². The number of nitrogens with zero attached hydrogens (tertiary/aromatic N) is 1. The van der Waals surface area contributed by atoms with Gasteiger partial charge in [-0.15, -0.1) is 0 Å². The fourth-order valence-corrected chi connectivity index (χ4v) is 2.68. The van der Waals surface area contributed by atoms with Crippen molar-refractivity contribution in [3.63, 3.8) is 0 Å². The van der Waals surface area contributed by atoms with Crippen molar-refractivity contribution in [1.29, 1.82) is 0 Å². The van der Waals surface area contributed by atoms with E-state index in [9.17, 15) is 0 Å². The van der Waals surface area contributed by atoms with E-state index in [2.05, 4.69) is 22.4 Å². The molecular weight excluding hydrogens is 350 g/mol. The summed E-state index contributed by atoms with van der Waals surface area (Å²) in [5, 5.41) is 3.03. The molecule has 0 aliphatic rings. The lowest BCUT2D eigenvalue weighted by Crippen LogP contribution is -2.22. The first-order chi connectivity index (χ1) is 13.7. The Morgan fingerprint density at radius 3 is 2.21 bits per heavy atom. The second kappa shape index (κ2) is 10.0. The van der Waals surface area contributed by atoms with Crippen molar-refractivity contribution in [2.24, 2.45) is 10.7 Å². The number of anilines is 1. The lowest BCUT2D eigenvalue weighted by molar-refractivity contribution is 0.263. The number of nitrogens with two attached hydrogens (primary N) is 1. The van der Waals surface area contributed by atoms with E-state index in [4.69, 9.17) is 15.2 Å². The molecule has 3 aromatic rings. The summed E-state index contributed by atoms with van der Waals surface area (Å²) in [5.74, 6) is 1.70. The molecule has 0 unspecified atom stereocenters. The molecule has 0 bridgehead atoms. The van der Waals surface area contributed by atoms with Crippen molar-refractivity contribution in [3.8, 4) is 11.5 Å². The van der Waals surface area contributed by atoms with Crippen LogP contribution >= 0.6 is 0 Å². The molecule has 3 N–H and O–H groups in total. The predicted molar refractivity (Wildman–Crippen MR) is 114 cm³/mol. The molecule has 0 heterocycles. The van der Waals surface area contributed by atoms with Crippen molar-refractivity contribution in [3.05, 3.63) is 90.0 Å². The minimum absolute atomic E-state index is 0.340. The molecule has 0 amide bonds. The summed E-state index contributed by atoms with van der Waals surface area (Å²) in [6, 6.07) is 25.9. The highest BCUT2D eigenvalue weighted by Gasteiger charge is 2.09. The number of guanidine groups is 1. The highest BCUT2D eigenvalue weighted by Crippen LogP contribution is 2.31. The average molecular weight is 375 g/mol. The third-order valence-electron chi connectivity index (χ3n) is 4.19. The fraction of sp³-hybridized carbons (Fsp3) is 0.174. The van der Waals surface area contributed by atoms with E-state index in [1.165, 1.54) is 5.56 Å². The van der Waals surface area contributed by atoms with Crippen LogP contribution in [0.25, 0.3) is 0 Å². The Hall–Kier alpha value is -3.47. The summed E-state index contributed by atoms with van der Waals surface area (Å²) < 4.78 is 12.0. The summed E-state index contributed by atoms with van der Waals surface area (Å²) in [6.45, 7) is 1.02. The van der Waals surface area contributed by atoms with Gasteiger partial charge >= 0.3 is 0 Å². The Kier molecular flexibility index (Phi) is 6.90. The standard InChI is InChI=1S/C23H25N3O2/c1-25-23(24)26-20-12-13-21(27-15-14-18-8-4-2-5-9-18)22(16-20)28-17-19-10-6-3-7-11-19/h2-13,16H,14-15,17H2,1H3,(H3,24,25,26). The van der Waals surface area contributed by atoms with E-state index >= 15 is 0 Å². The Balaban J connectivity index is 1.70. The van der Waals surface area contributed by atoms with Crippen molar-refractivity contribution in [1.82, 2.24) is 0 Å². The van der Waals surface area contributed by atoms with E-state index in [-0.39, 0.29) is 0 Å². The summed E-state index contributed by atoms with van der Waals surface area (Å²) >= 11 is 0. The van der Waals surface area contributed by atoms with E-state index in [1.807, 2.05) is 66.7 Å². The molecule has 3 aromatic carbocycles. The maximum Gasteiger partial charge on any atom is 0.192 e. The molecule has 28 heavy (non-hydrogen) atoms. The smallest absolute Gasteiger partial charge is 0.192 e. The molecule has 0 radical (unpaired) electrons. The lowest BCUT2D eigenvalue weighted by Gasteiger charge is -2.15. The van der Waals surface area contributed by atoms with Gasteiger partial charge in [0.1, 0.15) is 6.61 Å². The molecule has 0 atom stereocenters. The zero-order valence-electron chi connectivity index (χ0n) is 16.0. The van der Waals surface area contributed by atoms with Crippen molar-refractivity contribution in [2.75, 3.05) is 19.0 Å². The molecule has 0 aliphatic heterocycles. The SMILES string of the molecule is CN=C(N)Nc1ccc(OCCc2ccccc2)c(OCc2ccccc2)c1. The minimum Gasteiger partial charge on any atom is -0.489 e. The Bertz CT molecular complexity index is 896. The lowest BCUT2D eigenvalue weighted by atomic mass is 10.2. The summed E-state index contributed by atoms with van der Waals surface area (Å²) in [4.78, 5) is 3.92. The number of ether oxygens (including phenoxy) is 2. The van der Waals surface area contributed by atoms with Crippen LogP contribution in [0.5, 0.6) is 11.5 Å². The Morgan fingerprint density at radius 2 is 1.54 bits per heavy atom. The molecule has 0 saturated heterocycles. The monoisotopic (exact) mass is 375 g/mol. The van der Waals surface area contributed by atoms with Gasteiger partial charge < -0.3 is 20.5 Å². The van der Waals surface area contributed by atoms with E-state index in [0.717, 1.165) is 17.7 Å². The summed E-state index contributed by atoms with van der Waals surface area (Å²) in [5.41, 5.74) is 8.89. The Labute approximate surface area is 165 Å². The summed E-state index contributed by atoms with van der Waals surface area (Å²) in [6.07, 6.45) is 0.828. The normalized spacial score (nSPS) is 11.1. The van der Waals surface area contributed by atoms with E-state index in [1.54, 1.807) is 7.05 Å². The molecule has 3 rings (SSSR count). The maximum atomic E-state index is 6.04. The van der Waals surface area contributed by atoms with Crippen molar-refractivity contribution in [2.45, 2.75) is 13.0 Å². The van der Waals surface area contributed by atoms with Gasteiger partial charge in [-0.1, -0.05) is 60.7 Å². The molecule has 0 spiro atoms. The van der Waals surface area contributed by atoms with Gasteiger partial charge in [0.05, 0.1) is 6.61 Å². The van der Waals surface area contributed by atoms with Crippen LogP contribution in [0.2, 0.25) is 0 Å². The fourth-order valence-electron chi connectivity index (χ4n) is 2.68. The predicted octanol–water partition coefficient (Wildman–Crippen LogP) is 4.24. The number of aliphatic imine (C=N–C) groups is 1. The first-order valence-electron chi connectivity index (χ1n) is 9.21. The molecule has 0 aliphatic carbocycles. The molecule has 144 valence electrons. The van der Waals surface area contributed by atoms with Crippen molar-refractivity contribution >= 4 is 11.6 Å². The first kappa shape index (κ1) is 19.3. The third-order valence-corrected chi connectivity index (χ3v) is 4.19. The minimum atomic E-state index is 0.340. The van der Waals surface area contributed by atoms with Gasteiger partial charge in [-0.2, -0.15) is 0 Å². The van der Waals surface area contributed by atoms with Crippen LogP contribution in [0, 0.1) is 0 Å². The topological polar surface area (TPSA) is 68.9 Å². The van der Waals surface area contributed by atoms with Gasteiger partial charge in [0.25, 0.3) is 0 Å². The Morgan fingerprint density at radius 1 is 0.857 bits per heavy atom. The highest BCUT2D eigenvalue weighted by atomic mass is 16.5. The van der Waals surface area contributed by atoms with Crippen LogP contribution in [0.4, 0.5) is 5.69 Å². The number of hydrogen-bond donors (Lipinski definition) is 2. The maximum absolute atomic E-state index is 6.04. The quantitative estimate of drug-likeness (QED) is 0.456. The molecular formula is C23H25N3O2. The van der Waals surface area contributed by atoms with E-state index < -0.39 is 0 Å². The molecule has 0 fully saturated rings. The largest absolute Gasteiger partial charge is 0.489 e. The number of hydrogen-bond acceptors (Lipinski definition) is 3. The summed E-state index contributed by atoms with van der Waals surface area (Å²) in [7, 11) is 1.64. The van der Waals surface area contributed by atoms with Crippen LogP contribution in [0.3, 0.4) is 0 Å². The van der Waals surface area contributed by atoms with Gasteiger partial charge in [0.2, 0.25) is 0 Å². The van der Waals surface area contributed by atoms with Crippen LogP contribution < -0.4 is 20.5 Å². The highest BCUT2D eigenvalue weighted by molar-refractivity contribution is 5.92. The van der Waals surface area contributed by atoms with Crippen LogP contribution in [-0.2, 0) is 13.0 Å². The molecule has 5 nitrogen and oxygen atoms in total. The van der Waals surface area contributed by atoms with E-state index in [0.29, 0.717) is 30.7 Å². The zero-order valence-corrected chi connectivity index (χ0v) is 16.0. The van der Waals surface area contributed by atoms with Gasteiger partial charge in [0.15, 0.2) is 17.5 Å².